The number of aromatic nitrogens is 3. The molecule has 1 aliphatic heterocycles. The molecule has 1 atom stereocenters. The number of benzene rings is 1. The molecule has 1 unspecified atom stereocenters. The molecule has 8 nitrogen and oxygen atoms in total. The van der Waals surface area contributed by atoms with Gasteiger partial charge in [-0.15, -0.1) is 0 Å². The Kier molecular flexibility index (Phi) is 5.44. The van der Waals surface area contributed by atoms with Crippen LogP contribution >= 0.6 is 0 Å². The van der Waals surface area contributed by atoms with Crippen LogP contribution in [0.15, 0.2) is 51.9 Å². The van der Waals surface area contributed by atoms with E-state index in [1.807, 2.05) is 22.3 Å². The van der Waals surface area contributed by atoms with Gasteiger partial charge in [0.1, 0.15) is 11.3 Å². The van der Waals surface area contributed by atoms with E-state index in [0.29, 0.717) is 49.4 Å². The van der Waals surface area contributed by atoms with Gasteiger partial charge in [0.25, 0.3) is 5.56 Å². The zero-order valence-corrected chi connectivity index (χ0v) is 19.3. The summed E-state index contributed by atoms with van der Waals surface area (Å²) in [5.74, 6) is 0.852. The Morgan fingerprint density at radius 2 is 2.00 bits per heavy atom. The number of carbonyl (C=O) groups is 1. The first-order valence-electron chi connectivity index (χ1n) is 11.5. The molecule has 1 saturated heterocycles. The van der Waals surface area contributed by atoms with Crippen LogP contribution in [0.4, 0.5) is 5.69 Å². The van der Waals surface area contributed by atoms with Gasteiger partial charge in [-0.25, -0.2) is 4.68 Å². The maximum absolute atomic E-state index is 12.9. The van der Waals surface area contributed by atoms with E-state index >= 15 is 0 Å². The van der Waals surface area contributed by atoms with Crippen LogP contribution in [0.25, 0.3) is 16.6 Å². The quantitative estimate of drug-likeness (QED) is 0.469. The summed E-state index contributed by atoms with van der Waals surface area (Å²) in [6.07, 6.45) is 2.58. The van der Waals surface area contributed by atoms with Gasteiger partial charge in [-0.1, -0.05) is 12.1 Å². The number of amides is 1. The van der Waals surface area contributed by atoms with Crippen LogP contribution in [0.5, 0.6) is 0 Å². The highest BCUT2D eigenvalue weighted by atomic mass is 16.3. The van der Waals surface area contributed by atoms with Crippen molar-refractivity contribution in [1.29, 1.82) is 0 Å². The summed E-state index contributed by atoms with van der Waals surface area (Å²) < 4.78 is 8.72. The van der Waals surface area contributed by atoms with Gasteiger partial charge in [0.05, 0.1) is 11.8 Å². The normalized spacial score (nSPS) is 16.8. The smallest absolute Gasteiger partial charge is 0.291 e. The summed E-state index contributed by atoms with van der Waals surface area (Å²) >= 11 is 0. The van der Waals surface area contributed by atoms with Gasteiger partial charge < -0.3 is 14.2 Å². The van der Waals surface area contributed by atoms with Crippen molar-refractivity contribution in [3.05, 3.63) is 64.4 Å². The molecule has 4 aromatic rings. The van der Waals surface area contributed by atoms with Crippen LogP contribution in [0, 0.1) is 13.8 Å². The van der Waals surface area contributed by atoms with E-state index in [4.69, 9.17) is 4.42 Å². The molecule has 1 aromatic carbocycles. The van der Waals surface area contributed by atoms with Crippen LogP contribution < -0.4 is 10.5 Å². The lowest BCUT2D eigenvalue weighted by Gasteiger charge is -2.41. The lowest BCUT2D eigenvalue weighted by atomic mass is 10.1. The molecule has 0 bridgehead atoms. The predicted octanol–water partition coefficient (Wildman–Crippen LogP) is 3.38. The number of piperazine rings is 1. The second-order valence-electron chi connectivity index (χ2n) is 8.94. The van der Waals surface area contributed by atoms with Gasteiger partial charge in [0.15, 0.2) is 5.58 Å². The molecule has 4 heterocycles. The van der Waals surface area contributed by atoms with Crippen molar-refractivity contribution < 1.29 is 9.21 Å². The second kappa shape index (κ2) is 8.42. The molecule has 1 fully saturated rings. The zero-order chi connectivity index (χ0) is 23.1. The molecule has 172 valence electrons. The molecule has 0 N–H and O–H groups in total. The summed E-state index contributed by atoms with van der Waals surface area (Å²) in [4.78, 5) is 30.1. The topological polar surface area (TPSA) is 76.0 Å². The van der Waals surface area contributed by atoms with E-state index < -0.39 is 0 Å². The SMILES string of the molecule is Cc1cccc(N2CCN(C(=O)CCCn3nc(C)n4c(cc5occc54)c3=O)CC2C)c1. The minimum atomic E-state index is -0.167. The summed E-state index contributed by atoms with van der Waals surface area (Å²) in [5, 5.41) is 4.47. The first-order valence-corrected chi connectivity index (χ1v) is 11.5. The van der Waals surface area contributed by atoms with E-state index in [-0.39, 0.29) is 17.5 Å². The standard InChI is InChI=1S/C25H29N5O3/c1-17-6-4-7-20(14-17)28-12-11-27(16-18(28)2)24(31)8-5-10-29-25(32)22-15-23-21(9-13-33-23)30(22)19(3)26-29/h4,6-7,9,13-15,18H,5,8,10-12,16H2,1-3H3. The minimum Gasteiger partial charge on any atom is -0.463 e. The molecule has 1 amide bonds. The van der Waals surface area contributed by atoms with Crippen LogP contribution in [-0.2, 0) is 11.3 Å². The lowest BCUT2D eigenvalue weighted by Crippen LogP contribution is -2.53. The van der Waals surface area contributed by atoms with Crippen LogP contribution in [-0.4, -0.2) is 50.7 Å². The van der Waals surface area contributed by atoms with E-state index in [0.717, 1.165) is 12.1 Å². The summed E-state index contributed by atoms with van der Waals surface area (Å²) in [6.45, 7) is 8.78. The monoisotopic (exact) mass is 447 g/mol. The highest BCUT2D eigenvalue weighted by Gasteiger charge is 2.26. The van der Waals surface area contributed by atoms with E-state index in [2.05, 4.69) is 48.1 Å². The Balaban J connectivity index is 1.21. The predicted molar refractivity (Wildman–Crippen MR) is 128 cm³/mol. The van der Waals surface area contributed by atoms with Crippen molar-refractivity contribution in [3.8, 4) is 0 Å². The Labute approximate surface area is 192 Å². The number of rotatable bonds is 5. The molecule has 0 radical (unpaired) electrons. The van der Waals surface area contributed by atoms with Crippen LogP contribution in [0.3, 0.4) is 0 Å². The van der Waals surface area contributed by atoms with Crippen molar-refractivity contribution in [3.63, 3.8) is 0 Å². The zero-order valence-electron chi connectivity index (χ0n) is 19.3. The fraction of sp³-hybridized carbons (Fsp3) is 0.400. The molecule has 8 heteroatoms. The highest BCUT2D eigenvalue weighted by molar-refractivity contribution is 5.82. The number of hydrogen-bond donors (Lipinski definition) is 0. The molecule has 0 spiro atoms. The average Bonchev–Trinajstić information content (AvgIpc) is 3.38. The largest absolute Gasteiger partial charge is 0.463 e. The van der Waals surface area contributed by atoms with Gasteiger partial charge in [0.2, 0.25) is 5.91 Å². The third-order valence-electron chi connectivity index (χ3n) is 6.54. The van der Waals surface area contributed by atoms with Crippen LogP contribution in [0.1, 0.15) is 31.2 Å². The molecule has 0 aliphatic carbocycles. The number of aryl methyl sites for hydroxylation is 3. The number of hydrogen-bond acceptors (Lipinski definition) is 5. The number of anilines is 1. The Hall–Kier alpha value is -3.55. The van der Waals surface area contributed by atoms with Crippen molar-refractivity contribution in [2.75, 3.05) is 24.5 Å². The number of fused-ring (bicyclic) bond motifs is 3. The van der Waals surface area contributed by atoms with Gasteiger partial charge in [-0.2, -0.15) is 5.10 Å². The maximum Gasteiger partial charge on any atom is 0.291 e. The molecular formula is C25H29N5O3. The Morgan fingerprint density at radius 3 is 2.79 bits per heavy atom. The molecule has 3 aromatic heterocycles. The first kappa shape index (κ1) is 21.3. The number of carbonyl (C=O) groups excluding carboxylic acids is 1. The van der Waals surface area contributed by atoms with Gasteiger partial charge in [-0.3, -0.25) is 14.0 Å². The van der Waals surface area contributed by atoms with Crippen molar-refractivity contribution in [1.82, 2.24) is 19.1 Å². The number of furan rings is 1. The van der Waals surface area contributed by atoms with E-state index in [1.54, 1.807) is 12.3 Å². The minimum absolute atomic E-state index is 0.136. The van der Waals surface area contributed by atoms with Crippen molar-refractivity contribution in [2.24, 2.45) is 0 Å². The van der Waals surface area contributed by atoms with Crippen molar-refractivity contribution in [2.45, 2.75) is 46.2 Å². The second-order valence-corrected chi connectivity index (χ2v) is 8.94. The van der Waals surface area contributed by atoms with Gasteiger partial charge in [-0.05, 0) is 44.9 Å². The molecule has 33 heavy (non-hydrogen) atoms. The fourth-order valence-electron chi connectivity index (χ4n) is 4.89. The third-order valence-corrected chi connectivity index (χ3v) is 6.54. The first-order chi connectivity index (χ1) is 15.9. The summed E-state index contributed by atoms with van der Waals surface area (Å²) in [6, 6.07) is 12.3. The van der Waals surface area contributed by atoms with Crippen molar-refractivity contribution >= 4 is 28.2 Å². The lowest BCUT2D eigenvalue weighted by molar-refractivity contribution is -0.132. The third kappa shape index (κ3) is 3.90. The maximum atomic E-state index is 12.9. The fourth-order valence-corrected chi connectivity index (χ4v) is 4.89. The van der Waals surface area contributed by atoms with Gasteiger partial charge >= 0.3 is 0 Å². The number of nitrogens with zero attached hydrogens (tertiary/aromatic N) is 5. The highest BCUT2D eigenvalue weighted by Crippen LogP contribution is 2.22. The summed E-state index contributed by atoms with van der Waals surface area (Å²) in [5.41, 5.74) is 4.34. The Morgan fingerprint density at radius 1 is 1.15 bits per heavy atom. The molecule has 1 aliphatic rings. The average molecular weight is 448 g/mol. The molecule has 5 rings (SSSR count). The molecular weight excluding hydrogens is 418 g/mol. The van der Waals surface area contributed by atoms with Gasteiger partial charge in [0, 0.05) is 56.5 Å². The van der Waals surface area contributed by atoms with E-state index in [9.17, 15) is 9.59 Å². The van der Waals surface area contributed by atoms with Crippen LogP contribution in [0.2, 0.25) is 0 Å². The Bertz CT molecular complexity index is 1380. The molecule has 0 saturated carbocycles. The summed E-state index contributed by atoms with van der Waals surface area (Å²) in [7, 11) is 0. The van der Waals surface area contributed by atoms with E-state index in [1.165, 1.54) is 15.9 Å².